The van der Waals surface area contributed by atoms with Crippen molar-refractivity contribution in [1.82, 2.24) is 24.1 Å². The zero-order chi connectivity index (χ0) is 32.4. The first kappa shape index (κ1) is 29.8. The molecule has 2 N–H and O–H groups in total. The van der Waals surface area contributed by atoms with Crippen molar-refractivity contribution >= 4 is 49.6 Å². The monoisotopic (exact) mass is 637 g/mol. The zero-order valence-corrected chi connectivity index (χ0v) is 26.6. The van der Waals surface area contributed by atoms with Crippen LogP contribution in [0.2, 0.25) is 0 Å². The molecule has 0 spiro atoms. The molecule has 2 aliphatic rings. The van der Waals surface area contributed by atoms with Gasteiger partial charge in [0.05, 0.1) is 22.5 Å². The molecule has 2 aliphatic heterocycles. The number of hydrogen-bond acceptors (Lipinski definition) is 5. The Bertz CT molecular complexity index is 2080. The maximum Gasteiger partial charge on any atom is 0.271 e. The van der Waals surface area contributed by atoms with Crippen LogP contribution in [0.3, 0.4) is 0 Å². The number of H-pyrrole nitrogens is 1. The average Bonchev–Trinajstić information content (AvgIpc) is 3.84. The summed E-state index contributed by atoms with van der Waals surface area (Å²) in [5.41, 5.74) is 1.12. The molecule has 11 heteroatoms. The number of aromatic nitrogens is 2. The largest absolute Gasteiger partial charge is 0.351 e. The molecule has 3 aromatic carbocycles. The van der Waals surface area contributed by atoms with Crippen LogP contribution in [0.15, 0.2) is 95.9 Å². The zero-order valence-electron chi connectivity index (χ0n) is 25.8. The van der Waals surface area contributed by atoms with E-state index in [0.29, 0.717) is 29.6 Å². The highest BCUT2D eigenvalue weighted by molar-refractivity contribution is 7.90. The van der Waals surface area contributed by atoms with Gasteiger partial charge in [0.15, 0.2) is 0 Å². The second kappa shape index (κ2) is 10.9. The number of nitrogens with zero attached hydrogens (tertiary/aromatic N) is 3. The summed E-state index contributed by atoms with van der Waals surface area (Å²) in [4.78, 5) is 48.2. The molecule has 3 amide bonds. The van der Waals surface area contributed by atoms with Crippen molar-refractivity contribution < 1.29 is 22.8 Å². The fourth-order valence-corrected chi connectivity index (χ4v) is 8.31. The van der Waals surface area contributed by atoms with E-state index < -0.39 is 27.4 Å². The van der Waals surface area contributed by atoms with Gasteiger partial charge in [0.1, 0.15) is 17.4 Å². The lowest BCUT2D eigenvalue weighted by Crippen LogP contribution is -2.59. The molecule has 46 heavy (non-hydrogen) atoms. The number of hydrogen-bond donors (Lipinski definition) is 2. The average molecular weight is 638 g/mol. The number of carbonyl (C=O) groups excluding carboxylic acids is 3. The van der Waals surface area contributed by atoms with Gasteiger partial charge in [0, 0.05) is 29.4 Å². The fraction of sp³-hybridized carbons (Fsp3) is 0.286. The molecule has 0 unspecified atom stereocenters. The molecule has 0 radical (unpaired) electrons. The van der Waals surface area contributed by atoms with Crippen molar-refractivity contribution in [3.63, 3.8) is 0 Å². The number of rotatable bonds is 6. The van der Waals surface area contributed by atoms with Gasteiger partial charge in [-0.3, -0.25) is 14.4 Å². The van der Waals surface area contributed by atoms with E-state index in [1.165, 1.54) is 12.1 Å². The third-order valence-corrected chi connectivity index (χ3v) is 10.9. The summed E-state index contributed by atoms with van der Waals surface area (Å²) in [5.74, 6) is -0.954. The van der Waals surface area contributed by atoms with Gasteiger partial charge in [-0.1, -0.05) is 75.4 Å². The standard InChI is InChI=1S/C35H35N5O5S/c1-35(2,3)31(37-32(41)28-17-22-11-7-9-15-27(22)36-28)34(43)39-21-24-19-25(39)20-38(24)33(42)30-18-23-12-8-10-16-29(23)40(30)46(44,45)26-13-5-4-6-14-26/h4-18,24-25,31,36H,19-21H2,1-3H3,(H,37,41)/t24-,25-,31+/m0/s1. The number of benzene rings is 3. The molecule has 2 bridgehead atoms. The topological polar surface area (TPSA) is 125 Å². The molecule has 2 fully saturated rings. The molecule has 236 valence electrons. The van der Waals surface area contributed by atoms with Crippen molar-refractivity contribution in [1.29, 1.82) is 0 Å². The molecule has 7 rings (SSSR count). The first-order valence-electron chi connectivity index (χ1n) is 15.3. The van der Waals surface area contributed by atoms with Gasteiger partial charge in [-0.25, -0.2) is 12.4 Å². The SMILES string of the molecule is CC(C)(C)[C@H](NC(=O)c1cc2ccccc2[nH]1)C(=O)N1C[C@@H]2C[C@H]1CN2C(=O)c1cc2ccccc2n1S(=O)(=O)c1ccccc1. The highest BCUT2D eigenvalue weighted by Crippen LogP contribution is 2.36. The van der Waals surface area contributed by atoms with E-state index in [-0.39, 0.29) is 41.0 Å². The third-order valence-electron chi connectivity index (χ3n) is 9.11. The van der Waals surface area contributed by atoms with Crippen LogP contribution in [0.1, 0.15) is 48.2 Å². The van der Waals surface area contributed by atoms with Gasteiger partial charge in [-0.2, -0.15) is 0 Å². The fourth-order valence-electron chi connectivity index (χ4n) is 6.79. The van der Waals surface area contributed by atoms with Crippen molar-refractivity contribution in [3.05, 3.63) is 102 Å². The summed E-state index contributed by atoms with van der Waals surface area (Å²) < 4.78 is 28.9. The van der Waals surface area contributed by atoms with Crippen LogP contribution in [-0.4, -0.2) is 76.1 Å². The normalized spacial score (nSPS) is 18.8. The molecule has 4 heterocycles. The van der Waals surface area contributed by atoms with Crippen LogP contribution in [0.25, 0.3) is 21.8 Å². The van der Waals surface area contributed by atoms with E-state index in [1.807, 2.05) is 45.0 Å². The maximum atomic E-state index is 14.1. The number of fused-ring (bicyclic) bond motifs is 4. The number of nitrogens with one attached hydrogen (secondary N) is 2. The van der Waals surface area contributed by atoms with Crippen LogP contribution in [0.4, 0.5) is 0 Å². The summed E-state index contributed by atoms with van der Waals surface area (Å²) in [7, 11) is -4.07. The van der Waals surface area contributed by atoms with Crippen LogP contribution in [0.5, 0.6) is 0 Å². The van der Waals surface area contributed by atoms with Crippen LogP contribution in [-0.2, 0) is 14.8 Å². The third kappa shape index (κ3) is 4.95. The Morgan fingerprint density at radius 3 is 2.13 bits per heavy atom. The molecular weight excluding hydrogens is 602 g/mol. The number of amides is 3. The molecule has 5 aromatic rings. The lowest BCUT2D eigenvalue weighted by atomic mass is 9.85. The van der Waals surface area contributed by atoms with Crippen LogP contribution < -0.4 is 5.32 Å². The number of likely N-dealkylation sites (tertiary alicyclic amines) is 2. The number of carbonyl (C=O) groups is 3. The van der Waals surface area contributed by atoms with Gasteiger partial charge in [0.2, 0.25) is 5.91 Å². The summed E-state index contributed by atoms with van der Waals surface area (Å²) in [6.07, 6.45) is 0.579. The highest BCUT2D eigenvalue weighted by atomic mass is 32.2. The predicted octanol–water partition coefficient (Wildman–Crippen LogP) is 4.63. The van der Waals surface area contributed by atoms with E-state index in [9.17, 15) is 22.8 Å². The van der Waals surface area contributed by atoms with Crippen molar-refractivity contribution in [2.75, 3.05) is 13.1 Å². The van der Waals surface area contributed by atoms with E-state index in [2.05, 4.69) is 10.3 Å². The Hall–Kier alpha value is -4.90. The summed E-state index contributed by atoms with van der Waals surface area (Å²) in [5, 5.41) is 4.52. The molecule has 10 nitrogen and oxygen atoms in total. The van der Waals surface area contributed by atoms with E-state index >= 15 is 0 Å². The molecule has 0 saturated carbocycles. The van der Waals surface area contributed by atoms with Crippen molar-refractivity contribution in [2.24, 2.45) is 5.41 Å². The predicted molar refractivity (Wildman–Crippen MR) is 175 cm³/mol. The van der Waals surface area contributed by atoms with Crippen LogP contribution >= 0.6 is 0 Å². The Balaban J connectivity index is 1.13. The quantitative estimate of drug-likeness (QED) is 0.281. The van der Waals surface area contributed by atoms with Gasteiger partial charge < -0.3 is 20.1 Å². The number of para-hydroxylation sites is 2. The maximum absolute atomic E-state index is 14.1. The van der Waals surface area contributed by atoms with Crippen LogP contribution in [0, 0.1) is 5.41 Å². The van der Waals surface area contributed by atoms with Gasteiger partial charge in [-0.15, -0.1) is 0 Å². The minimum atomic E-state index is -4.07. The summed E-state index contributed by atoms with van der Waals surface area (Å²) in [6, 6.07) is 24.8. The highest BCUT2D eigenvalue weighted by Gasteiger charge is 2.50. The van der Waals surface area contributed by atoms with Gasteiger partial charge >= 0.3 is 0 Å². The molecule has 0 aliphatic carbocycles. The Labute approximate surface area is 267 Å². The summed E-state index contributed by atoms with van der Waals surface area (Å²) in [6.45, 7) is 6.32. The minimum absolute atomic E-state index is 0.0636. The van der Waals surface area contributed by atoms with Gasteiger partial charge in [0.25, 0.3) is 21.8 Å². The van der Waals surface area contributed by atoms with Gasteiger partial charge in [-0.05, 0) is 48.2 Å². The number of piperazine rings is 1. The Morgan fingerprint density at radius 2 is 1.46 bits per heavy atom. The molecular formula is C35H35N5O5S. The van der Waals surface area contributed by atoms with Crippen molar-refractivity contribution in [2.45, 2.75) is 50.2 Å². The number of aromatic amines is 1. The summed E-state index contributed by atoms with van der Waals surface area (Å²) >= 11 is 0. The van der Waals surface area contributed by atoms with E-state index in [1.54, 1.807) is 64.4 Å². The first-order chi connectivity index (χ1) is 21.9. The van der Waals surface area contributed by atoms with E-state index in [0.717, 1.165) is 14.9 Å². The minimum Gasteiger partial charge on any atom is -0.351 e. The Kier molecular flexibility index (Phi) is 7.04. The lowest BCUT2D eigenvalue weighted by molar-refractivity contribution is -0.138. The second-order valence-corrected chi connectivity index (χ2v) is 15.0. The first-order valence-corrected chi connectivity index (χ1v) is 16.8. The smallest absolute Gasteiger partial charge is 0.271 e. The van der Waals surface area contributed by atoms with Crippen molar-refractivity contribution in [3.8, 4) is 0 Å². The Morgan fingerprint density at radius 1 is 0.826 bits per heavy atom. The lowest BCUT2D eigenvalue weighted by Gasteiger charge is -2.39. The van der Waals surface area contributed by atoms with E-state index in [4.69, 9.17) is 0 Å². The second-order valence-electron chi connectivity index (χ2n) is 13.2. The molecule has 2 saturated heterocycles. The molecule has 2 aromatic heterocycles. The molecule has 3 atom stereocenters.